The SMILES string of the molecule is CC=C1COCC1=CC(=C([C]#[Os])[P+](c1ccccc1)(c1ccccc1)c1ccccc1)c1ccc2c3cc4c(cc3n(C)c2c1)c1ccc(/C=C/C)cc1n4C. The van der Waals surface area contributed by atoms with Gasteiger partial charge in [-0.05, 0) is 18.6 Å². The van der Waals surface area contributed by atoms with Crippen LogP contribution in [0.1, 0.15) is 25.0 Å². The van der Waals surface area contributed by atoms with Crippen LogP contribution >= 0.6 is 7.26 Å². The van der Waals surface area contributed by atoms with Gasteiger partial charge in [-0.25, -0.2) is 0 Å². The summed E-state index contributed by atoms with van der Waals surface area (Å²) in [6, 6.07) is 52.0. The van der Waals surface area contributed by atoms with E-state index < -0.39 is 7.26 Å². The average Bonchev–Trinajstić information content (AvgIpc) is 3.91. The molecule has 0 spiro atoms. The Morgan fingerprint density at radius 3 is 1.62 bits per heavy atom. The van der Waals surface area contributed by atoms with E-state index in [1.807, 2.05) is 17.9 Å². The Balaban J connectivity index is 1.36. The van der Waals surface area contributed by atoms with Crippen LogP contribution in [-0.2, 0) is 36.8 Å². The van der Waals surface area contributed by atoms with Gasteiger partial charge in [-0.15, -0.1) is 0 Å². The summed E-state index contributed by atoms with van der Waals surface area (Å²) >= 11 is 1.84. The summed E-state index contributed by atoms with van der Waals surface area (Å²) in [5.41, 5.74) is 11.0. The minimum atomic E-state index is -2.47. The first kappa shape index (κ1) is 36.3. The van der Waals surface area contributed by atoms with Crippen molar-refractivity contribution in [2.75, 3.05) is 13.2 Å². The second-order valence-electron chi connectivity index (χ2n) is 14.5. The van der Waals surface area contributed by atoms with E-state index in [4.69, 9.17) is 4.74 Å². The summed E-state index contributed by atoms with van der Waals surface area (Å²) in [6.45, 7) is 5.40. The van der Waals surface area contributed by atoms with E-state index in [0.29, 0.717) is 13.2 Å². The van der Waals surface area contributed by atoms with Crippen LogP contribution in [-0.4, -0.2) is 22.3 Å². The van der Waals surface area contributed by atoms with E-state index in [2.05, 4.69) is 205 Å². The van der Waals surface area contributed by atoms with Crippen molar-refractivity contribution in [3.63, 3.8) is 0 Å². The van der Waals surface area contributed by atoms with Crippen molar-refractivity contribution in [3.8, 4) is 4.37 Å². The van der Waals surface area contributed by atoms with E-state index in [9.17, 15) is 0 Å². The van der Waals surface area contributed by atoms with Crippen molar-refractivity contribution in [1.82, 2.24) is 9.13 Å². The molecule has 9 rings (SSSR count). The first-order chi connectivity index (χ1) is 27.5. The fourth-order valence-corrected chi connectivity index (χ4v) is 14.6. The molecular formula is C51H43N2OOsP+. The Kier molecular flexibility index (Phi) is 9.71. The quantitative estimate of drug-likeness (QED) is 0.146. The molecule has 56 heavy (non-hydrogen) atoms. The van der Waals surface area contributed by atoms with Crippen molar-refractivity contribution in [1.29, 1.82) is 0 Å². The van der Waals surface area contributed by atoms with Crippen LogP contribution in [0.15, 0.2) is 174 Å². The Morgan fingerprint density at radius 2 is 1.11 bits per heavy atom. The van der Waals surface area contributed by atoms with Crippen LogP contribution in [0.5, 0.6) is 0 Å². The van der Waals surface area contributed by atoms with E-state index in [1.165, 1.54) is 92.7 Å². The number of ether oxygens (including phenoxy) is 1. The molecule has 0 bridgehead atoms. The van der Waals surface area contributed by atoms with Crippen molar-refractivity contribution in [2.45, 2.75) is 13.8 Å². The minimum absolute atomic E-state index is 0.586. The summed E-state index contributed by atoms with van der Waals surface area (Å²) in [5.74, 6) is 0. The molecular weight excluding hydrogens is 878 g/mol. The van der Waals surface area contributed by atoms with Crippen LogP contribution in [0.4, 0.5) is 0 Å². The Hall–Kier alpha value is -5.31. The van der Waals surface area contributed by atoms with Crippen molar-refractivity contribution in [3.05, 3.63) is 185 Å². The third-order valence-electron chi connectivity index (χ3n) is 11.5. The molecule has 0 atom stereocenters. The molecule has 5 heteroatoms. The third kappa shape index (κ3) is 5.84. The van der Waals surface area contributed by atoms with Crippen LogP contribution < -0.4 is 15.9 Å². The number of aromatic nitrogens is 2. The second kappa shape index (κ2) is 15.0. The van der Waals surface area contributed by atoms with E-state index in [-0.39, 0.29) is 0 Å². The van der Waals surface area contributed by atoms with Crippen molar-refractivity contribution < 1.29 is 22.7 Å². The van der Waals surface area contributed by atoms with Crippen LogP contribution in [0.2, 0.25) is 0 Å². The maximum absolute atomic E-state index is 6.09. The zero-order valence-corrected chi connectivity index (χ0v) is 35.5. The van der Waals surface area contributed by atoms with Gasteiger partial charge in [0.1, 0.15) is 0 Å². The number of allylic oxidation sites excluding steroid dienone is 5. The van der Waals surface area contributed by atoms with E-state index in [0.717, 1.165) is 0 Å². The predicted octanol–water partition coefficient (Wildman–Crippen LogP) is 11.1. The molecule has 275 valence electrons. The summed E-state index contributed by atoms with van der Waals surface area (Å²) in [7, 11) is 1.94. The summed E-state index contributed by atoms with van der Waals surface area (Å²) in [6.07, 6.45) is 8.88. The van der Waals surface area contributed by atoms with E-state index >= 15 is 0 Å². The van der Waals surface area contributed by atoms with Gasteiger partial charge in [0.15, 0.2) is 0 Å². The zero-order valence-electron chi connectivity index (χ0n) is 32.1. The molecule has 0 aliphatic carbocycles. The Labute approximate surface area is 339 Å². The van der Waals surface area contributed by atoms with Gasteiger partial charge < -0.3 is 0 Å². The fraction of sp³-hybridized carbons (Fsp3) is 0.118. The molecule has 2 aromatic heterocycles. The van der Waals surface area contributed by atoms with Crippen molar-refractivity contribution >= 4 is 78.4 Å². The second-order valence-corrected chi connectivity index (χ2v) is 18.5. The normalized spacial score (nSPS) is 15.6. The maximum atomic E-state index is 6.09. The molecule has 3 nitrogen and oxygen atoms in total. The summed E-state index contributed by atoms with van der Waals surface area (Å²) in [5, 5.41) is 10.2. The molecule has 0 saturated carbocycles. The zero-order chi connectivity index (χ0) is 38.4. The summed E-state index contributed by atoms with van der Waals surface area (Å²) in [4.78, 5) is 0. The van der Waals surface area contributed by atoms with Crippen molar-refractivity contribution in [2.24, 2.45) is 14.1 Å². The molecule has 1 aliphatic heterocycles. The van der Waals surface area contributed by atoms with Gasteiger partial charge in [-0.1, -0.05) is 18.2 Å². The molecule has 0 radical (unpaired) electrons. The van der Waals surface area contributed by atoms with Gasteiger partial charge in [-0.3, -0.25) is 0 Å². The monoisotopic (exact) mass is 922 g/mol. The first-order valence-corrected chi connectivity index (χ1v) is 22.2. The summed E-state index contributed by atoms with van der Waals surface area (Å²) < 4.78 is 14.7. The van der Waals surface area contributed by atoms with Crippen LogP contribution in [0, 0.1) is 4.37 Å². The van der Waals surface area contributed by atoms with Gasteiger partial charge in [0.25, 0.3) is 0 Å². The number of hydrogen-bond acceptors (Lipinski definition) is 1. The average molecular weight is 921 g/mol. The molecule has 3 heterocycles. The van der Waals surface area contributed by atoms with E-state index in [1.54, 1.807) is 0 Å². The molecule has 1 fully saturated rings. The number of nitrogens with zero attached hydrogens (tertiary/aromatic N) is 2. The van der Waals surface area contributed by atoms with Crippen LogP contribution in [0.3, 0.4) is 0 Å². The molecule has 0 amide bonds. The molecule has 1 saturated heterocycles. The topological polar surface area (TPSA) is 19.1 Å². The van der Waals surface area contributed by atoms with Crippen LogP contribution in [0.25, 0.3) is 55.3 Å². The molecule has 1 aliphatic rings. The number of benzene rings is 6. The Bertz CT molecular complexity index is 2880. The standard InChI is InChI=1S/C51H43N2OP.Os/c1-6-17-36-24-26-43-46-31-51-47(32-50(46)52(4)48(43)28-36)44-27-25-38(30-49(44)53(51)5)45(29-39-34-54-33-37(39)7-2)35(3)55(40-18-11-8-12-19-40,41-20-13-9-14-21-41)42-22-15-10-16-23-42;/h6-32H,33-34H2,1-2,4-5H3;/q+1;/b17-6+,37-7?,39-29?,45-35?;. The Morgan fingerprint density at radius 1 is 0.607 bits per heavy atom. The fourth-order valence-electron chi connectivity index (χ4n) is 8.78. The number of hydrogen-bond donors (Lipinski definition) is 0. The molecule has 0 N–H and O–H groups in total. The molecule has 8 aromatic rings. The van der Waals surface area contributed by atoms with Gasteiger partial charge in [0.2, 0.25) is 0 Å². The molecule has 6 aromatic carbocycles. The van der Waals surface area contributed by atoms with Gasteiger partial charge in [0, 0.05) is 0 Å². The van der Waals surface area contributed by atoms with Gasteiger partial charge >= 0.3 is 304 Å². The number of fused-ring (bicyclic) bond motifs is 6. The first-order valence-electron chi connectivity index (χ1n) is 19.2. The number of rotatable bonds is 7. The molecule has 0 unspecified atom stereocenters. The predicted molar refractivity (Wildman–Crippen MR) is 238 cm³/mol. The number of aryl methyl sites for hydroxylation is 2. The van der Waals surface area contributed by atoms with Gasteiger partial charge in [-0.2, -0.15) is 0 Å². The third-order valence-corrected chi connectivity index (χ3v) is 16.9. The van der Waals surface area contributed by atoms with Gasteiger partial charge in [0.05, 0.1) is 0 Å².